The van der Waals surface area contributed by atoms with Crippen molar-refractivity contribution in [1.82, 2.24) is 0 Å². The van der Waals surface area contributed by atoms with E-state index in [1.165, 1.54) is 0 Å². The summed E-state index contributed by atoms with van der Waals surface area (Å²) in [5, 5.41) is 11.1. The molecule has 0 aliphatic rings. The van der Waals surface area contributed by atoms with Gasteiger partial charge in [0, 0.05) is 21.5 Å². The van der Waals surface area contributed by atoms with Crippen LogP contribution in [0.2, 0.25) is 5.02 Å². The van der Waals surface area contributed by atoms with Crippen LogP contribution in [0.15, 0.2) is 40.9 Å². The summed E-state index contributed by atoms with van der Waals surface area (Å²) in [7, 11) is 1.60. The van der Waals surface area contributed by atoms with Gasteiger partial charge in [0.1, 0.15) is 5.75 Å². The minimum absolute atomic E-state index is 0.450. The van der Waals surface area contributed by atoms with Crippen LogP contribution >= 0.6 is 27.5 Å². The molecule has 2 nitrogen and oxygen atoms in total. The van der Waals surface area contributed by atoms with Crippen molar-refractivity contribution >= 4 is 27.5 Å². The van der Waals surface area contributed by atoms with E-state index in [1.807, 2.05) is 43.3 Å². The lowest BCUT2D eigenvalue weighted by Gasteiger charge is -2.16. The third-order valence-corrected chi connectivity index (χ3v) is 4.02. The van der Waals surface area contributed by atoms with Crippen LogP contribution in [0.4, 0.5) is 0 Å². The number of aliphatic hydroxyl groups excluding tert-OH is 1. The second kappa shape index (κ2) is 6.61. The number of hydrogen-bond donors (Lipinski definition) is 1. The first-order valence-electron chi connectivity index (χ1n) is 6.28. The molecule has 0 saturated carbocycles. The number of methoxy groups -OCH3 is 1. The van der Waals surface area contributed by atoms with Crippen molar-refractivity contribution in [2.45, 2.75) is 19.4 Å². The van der Waals surface area contributed by atoms with E-state index in [-0.39, 0.29) is 0 Å². The maximum Gasteiger partial charge on any atom is 0.124 e. The van der Waals surface area contributed by atoms with E-state index in [0.29, 0.717) is 17.2 Å². The van der Waals surface area contributed by atoms with Crippen molar-refractivity contribution in [1.29, 1.82) is 0 Å². The van der Waals surface area contributed by atoms with Crippen LogP contribution in [-0.2, 0) is 6.42 Å². The molecule has 0 saturated heterocycles. The number of aryl methyl sites for hydroxylation is 1. The molecule has 0 aliphatic carbocycles. The Morgan fingerprint density at radius 1 is 1.25 bits per heavy atom. The molecule has 0 aromatic heterocycles. The van der Waals surface area contributed by atoms with Gasteiger partial charge in [-0.15, -0.1) is 0 Å². The van der Waals surface area contributed by atoms with Crippen molar-refractivity contribution in [3.63, 3.8) is 0 Å². The van der Waals surface area contributed by atoms with Gasteiger partial charge in [0.25, 0.3) is 0 Å². The molecule has 1 unspecified atom stereocenters. The molecular formula is C16H16BrClO2. The fraction of sp³-hybridized carbons (Fsp3) is 0.250. The van der Waals surface area contributed by atoms with Crippen LogP contribution in [0.3, 0.4) is 0 Å². The first-order valence-corrected chi connectivity index (χ1v) is 7.45. The summed E-state index contributed by atoms with van der Waals surface area (Å²) in [6, 6.07) is 11.4. The first kappa shape index (κ1) is 15.4. The topological polar surface area (TPSA) is 29.5 Å². The lowest BCUT2D eigenvalue weighted by atomic mass is 9.99. The quantitative estimate of drug-likeness (QED) is 0.861. The molecular weight excluding hydrogens is 340 g/mol. The van der Waals surface area contributed by atoms with Gasteiger partial charge in [0.05, 0.1) is 13.2 Å². The molecule has 4 heteroatoms. The summed E-state index contributed by atoms with van der Waals surface area (Å²) >= 11 is 9.57. The monoisotopic (exact) mass is 354 g/mol. The number of aliphatic hydroxyl groups is 1. The number of halogens is 2. The SMILES string of the molecule is COc1ccc(C)cc1C(O)Cc1ccc(Br)cc1Cl. The largest absolute Gasteiger partial charge is 0.496 e. The fourth-order valence-electron chi connectivity index (χ4n) is 2.12. The van der Waals surface area contributed by atoms with Gasteiger partial charge in [0.2, 0.25) is 0 Å². The fourth-order valence-corrected chi connectivity index (χ4v) is 2.87. The van der Waals surface area contributed by atoms with Crippen LogP contribution < -0.4 is 4.74 Å². The van der Waals surface area contributed by atoms with E-state index in [2.05, 4.69) is 15.9 Å². The highest BCUT2D eigenvalue weighted by atomic mass is 79.9. The van der Waals surface area contributed by atoms with Gasteiger partial charge < -0.3 is 9.84 Å². The van der Waals surface area contributed by atoms with Gasteiger partial charge in [-0.3, -0.25) is 0 Å². The average molecular weight is 356 g/mol. The molecule has 0 heterocycles. The highest BCUT2D eigenvalue weighted by Gasteiger charge is 2.15. The Labute approximate surface area is 132 Å². The third kappa shape index (κ3) is 3.54. The van der Waals surface area contributed by atoms with Crippen molar-refractivity contribution in [3.05, 3.63) is 62.6 Å². The summed E-state index contributed by atoms with van der Waals surface area (Å²) < 4.78 is 6.23. The Morgan fingerprint density at radius 3 is 2.65 bits per heavy atom. The predicted octanol–water partition coefficient (Wildman–Crippen LogP) is 4.70. The van der Waals surface area contributed by atoms with E-state index < -0.39 is 6.10 Å². The van der Waals surface area contributed by atoms with Crippen molar-refractivity contribution in [2.24, 2.45) is 0 Å². The van der Waals surface area contributed by atoms with Crippen LogP contribution in [-0.4, -0.2) is 12.2 Å². The van der Waals surface area contributed by atoms with E-state index in [4.69, 9.17) is 16.3 Å². The minimum Gasteiger partial charge on any atom is -0.496 e. The minimum atomic E-state index is -0.650. The Morgan fingerprint density at radius 2 is 2.00 bits per heavy atom. The van der Waals surface area contributed by atoms with E-state index in [9.17, 15) is 5.11 Å². The number of rotatable bonds is 4. The third-order valence-electron chi connectivity index (χ3n) is 3.17. The zero-order valence-corrected chi connectivity index (χ0v) is 13.7. The average Bonchev–Trinajstić information content (AvgIpc) is 2.41. The molecule has 0 bridgehead atoms. The van der Waals surface area contributed by atoms with Gasteiger partial charge >= 0.3 is 0 Å². The molecule has 0 spiro atoms. The maximum atomic E-state index is 10.5. The molecule has 2 aromatic rings. The number of hydrogen-bond acceptors (Lipinski definition) is 2. The summed E-state index contributed by atoms with van der Waals surface area (Å²) in [5.41, 5.74) is 2.78. The summed E-state index contributed by atoms with van der Waals surface area (Å²) in [5.74, 6) is 0.691. The predicted molar refractivity (Wildman–Crippen MR) is 85.5 cm³/mol. The Kier molecular flexibility index (Phi) is 5.08. The zero-order chi connectivity index (χ0) is 14.7. The smallest absolute Gasteiger partial charge is 0.124 e. The standard InChI is InChI=1S/C16H16BrClO2/c1-10-3-6-16(20-2)13(7-10)15(19)8-11-4-5-12(17)9-14(11)18/h3-7,9,15,19H,8H2,1-2H3. The normalized spacial score (nSPS) is 12.2. The Hall–Kier alpha value is -1.03. The van der Waals surface area contributed by atoms with Gasteiger partial charge in [-0.25, -0.2) is 0 Å². The molecule has 0 radical (unpaired) electrons. The summed E-state index contributed by atoms with van der Waals surface area (Å²) in [4.78, 5) is 0. The Bertz CT molecular complexity index is 613. The van der Waals surface area contributed by atoms with Crippen LogP contribution in [0.5, 0.6) is 5.75 Å². The zero-order valence-electron chi connectivity index (χ0n) is 11.4. The van der Waals surface area contributed by atoms with E-state index >= 15 is 0 Å². The van der Waals surface area contributed by atoms with E-state index in [1.54, 1.807) is 7.11 Å². The lowest BCUT2D eigenvalue weighted by molar-refractivity contribution is 0.174. The molecule has 1 atom stereocenters. The molecule has 20 heavy (non-hydrogen) atoms. The molecule has 1 N–H and O–H groups in total. The van der Waals surface area contributed by atoms with Gasteiger partial charge in [-0.1, -0.05) is 45.2 Å². The Balaban J connectivity index is 2.27. The molecule has 2 aromatic carbocycles. The van der Waals surface area contributed by atoms with E-state index in [0.717, 1.165) is 21.2 Å². The second-order valence-electron chi connectivity index (χ2n) is 4.70. The molecule has 106 valence electrons. The summed E-state index contributed by atoms with van der Waals surface area (Å²) in [6.45, 7) is 1.99. The van der Waals surface area contributed by atoms with Crippen LogP contribution in [0.1, 0.15) is 22.8 Å². The van der Waals surface area contributed by atoms with Gasteiger partial charge in [0.15, 0.2) is 0 Å². The van der Waals surface area contributed by atoms with Crippen LogP contribution in [0.25, 0.3) is 0 Å². The first-order chi connectivity index (χ1) is 9.51. The van der Waals surface area contributed by atoms with Crippen molar-refractivity contribution < 1.29 is 9.84 Å². The molecule has 2 rings (SSSR count). The second-order valence-corrected chi connectivity index (χ2v) is 6.02. The molecule has 0 amide bonds. The van der Waals surface area contributed by atoms with Crippen LogP contribution in [0, 0.1) is 6.92 Å². The van der Waals surface area contributed by atoms with Crippen molar-refractivity contribution in [2.75, 3.05) is 7.11 Å². The maximum absolute atomic E-state index is 10.5. The van der Waals surface area contributed by atoms with Crippen molar-refractivity contribution in [3.8, 4) is 5.75 Å². The lowest BCUT2D eigenvalue weighted by Crippen LogP contribution is -2.05. The number of ether oxygens (including phenoxy) is 1. The van der Waals surface area contributed by atoms with Gasteiger partial charge in [-0.2, -0.15) is 0 Å². The van der Waals surface area contributed by atoms with Gasteiger partial charge in [-0.05, 0) is 36.8 Å². The highest BCUT2D eigenvalue weighted by molar-refractivity contribution is 9.10. The molecule has 0 fully saturated rings. The summed E-state index contributed by atoms with van der Waals surface area (Å²) in [6.07, 6.45) is -0.199. The number of benzene rings is 2. The highest BCUT2D eigenvalue weighted by Crippen LogP contribution is 2.31. The molecule has 0 aliphatic heterocycles.